The van der Waals surface area contributed by atoms with Gasteiger partial charge in [0, 0.05) is 10.0 Å². The lowest BCUT2D eigenvalue weighted by Crippen LogP contribution is -2.27. The van der Waals surface area contributed by atoms with Gasteiger partial charge in [0.15, 0.2) is 0 Å². The van der Waals surface area contributed by atoms with Gasteiger partial charge in [-0.25, -0.2) is 4.79 Å². The molecule has 0 bridgehead atoms. The number of fused-ring (bicyclic) bond motifs is 1. The Morgan fingerprint density at radius 3 is 2.68 bits per heavy atom. The summed E-state index contributed by atoms with van der Waals surface area (Å²) in [4.78, 5) is 11.5. The van der Waals surface area contributed by atoms with E-state index in [1.807, 2.05) is 48.5 Å². The minimum absolute atomic E-state index is 0.307. The van der Waals surface area contributed by atoms with Crippen molar-refractivity contribution in [3.63, 3.8) is 0 Å². The van der Waals surface area contributed by atoms with Crippen LogP contribution in [-0.4, -0.2) is 17.2 Å². The molecule has 1 N–H and O–H groups in total. The molecule has 0 amide bonds. The standard InChI is InChI=1S/C18H15BrO3/c19-14-7-9-16-13(10-14)11-15(18(20)21)17(22-16)8-6-12-4-2-1-3-5-12/h1-5,7,9-11,17H,6,8H2,(H,20,21). The average molecular weight is 359 g/mol. The van der Waals surface area contributed by atoms with Crippen molar-refractivity contribution in [1.82, 2.24) is 0 Å². The molecule has 4 heteroatoms. The van der Waals surface area contributed by atoms with Gasteiger partial charge in [0.2, 0.25) is 0 Å². The van der Waals surface area contributed by atoms with Crippen molar-refractivity contribution >= 4 is 28.0 Å². The van der Waals surface area contributed by atoms with Gasteiger partial charge < -0.3 is 9.84 Å². The van der Waals surface area contributed by atoms with Crippen LogP contribution in [0.3, 0.4) is 0 Å². The highest BCUT2D eigenvalue weighted by atomic mass is 79.9. The van der Waals surface area contributed by atoms with E-state index >= 15 is 0 Å². The first-order chi connectivity index (χ1) is 10.6. The van der Waals surface area contributed by atoms with Crippen molar-refractivity contribution in [3.05, 3.63) is 69.7 Å². The zero-order chi connectivity index (χ0) is 15.5. The van der Waals surface area contributed by atoms with Crippen LogP contribution in [0.4, 0.5) is 0 Å². The molecular formula is C18H15BrO3. The number of carboxylic acid groups (broad SMARTS) is 1. The van der Waals surface area contributed by atoms with E-state index in [9.17, 15) is 9.90 Å². The van der Waals surface area contributed by atoms with Crippen molar-refractivity contribution in [2.24, 2.45) is 0 Å². The molecule has 0 spiro atoms. The third-order valence-electron chi connectivity index (χ3n) is 3.68. The molecule has 0 saturated carbocycles. The molecule has 0 saturated heterocycles. The van der Waals surface area contributed by atoms with Crippen molar-refractivity contribution in [3.8, 4) is 5.75 Å². The van der Waals surface area contributed by atoms with E-state index in [0.717, 1.165) is 22.2 Å². The summed E-state index contributed by atoms with van der Waals surface area (Å²) >= 11 is 3.39. The summed E-state index contributed by atoms with van der Waals surface area (Å²) in [5.74, 6) is -0.199. The summed E-state index contributed by atoms with van der Waals surface area (Å²) in [6.07, 6.45) is 2.70. The molecule has 3 nitrogen and oxygen atoms in total. The van der Waals surface area contributed by atoms with Crippen LogP contribution in [0.2, 0.25) is 0 Å². The van der Waals surface area contributed by atoms with E-state index in [1.54, 1.807) is 6.08 Å². The van der Waals surface area contributed by atoms with Crippen molar-refractivity contribution in [2.75, 3.05) is 0 Å². The Bertz CT molecular complexity index is 722. The predicted molar refractivity (Wildman–Crippen MR) is 88.9 cm³/mol. The van der Waals surface area contributed by atoms with Crippen molar-refractivity contribution < 1.29 is 14.6 Å². The van der Waals surface area contributed by atoms with E-state index in [1.165, 1.54) is 5.56 Å². The quantitative estimate of drug-likeness (QED) is 0.885. The van der Waals surface area contributed by atoms with Crippen LogP contribution < -0.4 is 4.74 Å². The number of hydrogen-bond donors (Lipinski definition) is 1. The van der Waals surface area contributed by atoms with Crippen LogP contribution in [0.1, 0.15) is 17.5 Å². The average Bonchev–Trinajstić information content (AvgIpc) is 2.53. The number of carboxylic acids is 1. The molecule has 1 unspecified atom stereocenters. The highest BCUT2D eigenvalue weighted by molar-refractivity contribution is 9.10. The van der Waals surface area contributed by atoms with E-state index in [2.05, 4.69) is 15.9 Å². The number of carbonyl (C=O) groups is 1. The highest BCUT2D eigenvalue weighted by Gasteiger charge is 2.27. The van der Waals surface area contributed by atoms with Crippen LogP contribution in [0.5, 0.6) is 5.75 Å². The summed E-state index contributed by atoms with van der Waals surface area (Å²) < 4.78 is 6.81. The maximum atomic E-state index is 11.5. The number of benzene rings is 2. The monoisotopic (exact) mass is 358 g/mol. The molecule has 1 atom stereocenters. The lowest BCUT2D eigenvalue weighted by molar-refractivity contribution is -0.133. The molecule has 2 aromatic rings. The van der Waals surface area contributed by atoms with Crippen LogP contribution >= 0.6 is 15.9 Å². The lowest BCUT2D eigenvalue weighted by Gasteiger charge is -2.25. The molecule has 0 aliphatic carbocycles. The van der Waals surface area contributed by atoms with Gasteiger partial charge in [-0.15, -0.1) is 0 Å². The Balaban J connectivity index is 1.83. The maximum absolute atomic E-state index is 11.5. The first-order valence-electron chi connectivity index (χ1n) is 7.08. The summed E-state index contributed by atoms with van der Waals surface area (Å²) in [6.45, 7) is 0. The Kier molecular flexibility index (Phi) is 4.29. The highest BCUT2D eigenvalue weighted by Crippen LogP contribution is 2.33. The summed E-state index contributed by atoms with van der Waals surface area (Å²) in [6, 6.07) is 15.6. The van der Waals surface area contributed by atoms with E-state index < -0.39 is 12.1 Å². The molecule has 1 aliphatic heterocycles. The zero-order valence-corrected chi connectivity index (χ0v) is 13.4. The second kappa shape index (κ2) is 6.36. The molecule has 0 radical (unpaired) electrons. The fourth-order valence-corrected chi connectivity index (χ4v) is 2.95. The molecule has 1 aliphatic rings. The largest absolute Gasteiger partial charge is 0.485 e. The summed E-state index contributed by atoms with van der Waals surface area (Å²) in [5, 5.41) is 9.44. The van der Waals surface area contributed by atoms with Gasteiger partial charge in [0.1, 0.15) is 11.9 Å². The molecule has 0 aromatic heterocycles. The summed E-state index contributed by atoms with van der Waals surface area (Å²) in [5.41, 5.74) is 2.28. The number of aliphatic carboxylic acids is 1. The molecule has 22 heavy (non-hydrogen) atoms. The lowest BCUT2D eigenvalue weighted by atomic mass is 9.96. The molecule has 2 aromatic carbocycles. The SMILES string of the molecule is O=C(O)C1=Cc2cc(Br)ccc2OC1CCc1ccccc1. The van der Waals surface area contributed by atoms with Gasteiger partial charge in [-0.2, -0.15) is 0 Å². The number of hydrogen-bond acceptors (Lipinski definition) is 2. The van der Waals surface area contributed by atoms with Crippen molar-refractivity contribution in [1.29, 1.82) is 0 Å². The Labute approximate surface area is 137 Å². The van der Waals surface area contributed by atoms with Gasteiger partial charge in [0.25, 0.3) is 0 Å². The van der Waals surface area contributed by atoms with Gasteiger partial charge >= 0.3 is 5.97 Å². The smallest absolute Gasteiger partial charge is 0.335 e. The number of rotatable bonds is 4. The first-order valence-corrected chi connectivity index (χ1v) is 7.88. The van der Waals surface area contributed by atoms with Crippen LogP contribution in [-0.2, 0) is 11.2 Å². The predicted octanol–water partition coefficient (Wildman–Crippen LogP) is 4.31. The van der Waals surface area contributed by atoms with Gasteiger partial charge in [-0.3, -0.25) is 0 Å². The second-order valence-electron chi connectivity index (χ2n) is 5.22. The van der Waals surface area contributed by atoms with Gasteiger partial charge in [-0.05, 0) is 42.7 Å². The van der Waals surface area contributed by atoms with Crippen molar-refractivity contribution in [2.45, 2.75) is 18.9 Å². The minimum Gasteiger partial charge on any atom is -0.485 e. The van der Waals surface area contributed by atoms with Crippen LogP contribution in [0.25, 0.3) is 6.08 Å². The minimum atomic E-state index is -0.927. The topological polar surface area (TPSA) is 46.5 Å². The normalized spacial score (nSPS) is 16.4. The molecule has 1 heterocycles. The van der Waals surface area contributed by atoms with Crippen LogP contribution in [0, 0.1) is 0 Å². The summed E-state index contributed by atoms with van der Waals surface area (Å²) in [7, 11) is 0. The van der Waals surface area contributed by atoms with E-state index in [-0.39, 0.29) is 0 Å². The van der Waals surface area contributed by atoms with E-state index in [4.69, 9.17) is 4.74 Å². The third-order valence-corrected chi connectivity index (χ3v) is 4.18. The molecule has 3 rings (SSSR count). The van der Waals surface area contributed by atoms with Crippen LogP contribution in [0.15, 0.2) is 58.6 Å². The first kappa shape index (κ1) is 14.9. The molecule has 0 fully saturated rings. The van der Waals surface area contributed by atoms with Gasteiger partial charge in [0.05, 0.1) is 5.57 Å². The molecule has 112 valence electrons. The fraction of sp³-hybridized carbons (Fsp3) is 0.167. The second-order valence-corrected chi connectivity index (χ2v) is 6.13. The Hall–Kier alpha value is -2.07. The van der Waals surface area contributed by atoms with Gasteiger partial charge in [-0.1, -0.05) is 46.3 Å². The maximum Gasteiger partial charge on any atom is 0.335 e. The number of halogens is 1. The Morgan fingerprint density at radius 2 is 1.95 bits per heavy atom. The number of aryl methyl sites for hydroxylation is 1. The van der Waals surface area contributed by atoms with E-state index in [0.29, 0.717) is 12.0 Å². The number of ether oxygens (including phenoxy) is 1. The molecular weight excluding hydrogens is 344 g/mol. The third kappa shape index (κ3) is 3.22. The zero-order valence-electron chi connectivity index (χ0n) is 11.8. The Morgan fingerprint density at radius 1 is 1.18 bits per heavy atom. The fourth-order valence-electron chi connectivity index (χ4n) is 2.57.